The molecule has 0 aliphatic heterocycles. The first-order valence-electron chi connectivity index (χ1n) is 5.97. The van der Waals surface area contributed by atoms with Gasteiger partial charge in [0.15, 0.2) is 0 Å². The van der Waals surface area contributed by atoms with Gasteiger partial charge >= 0.3 is 0 Å². The minimum absolute atomic E-state index is 0.452. The summed E-state index contributed by atoms with van der Waals surface area (Å²) >= 11 is 6.13. The molecule has 17 heavy (non-hydrogen) atoms. The van der Waals surface area contributed by atoms with Crippen LogP contribution in [0.3, 0.4) is 0 Å². The maximum Gasteiger partial charge on any atom is 0.140 e. The molecule has 0 spiro atoms. The summed E-state index contributed by atoms with van der Waals surface area (Å²) in [5.41, 5.74) is 2.54. The van der Waals surface area contributed by atoms with Crippen LogP contribution in [0.25, 0.3) is 10.9 Å². The van der Waals surface area contributed by atoms with E-state index in [1.165, 1.54) is 12.8 Å². The predicted molar refractivity (Wildman–Crippen MR) is 69.3 cm³/mol. The summed E-state index contributed by atoms with van der Waals surface area (Å²) < 4.78 is 2.13. The summed E-state index contributed by atoms with van der Waals surface area (Å²) in [6.45, 7) is 6.60. The minimum Gasteiger partial charge on any atom is -0.261 e. The molecule has 2 aromatic rings. The third kappa shape index (κ3) is 1.64. The van der Waals surface area contributed by atoms with Gasteiger partial charge in [-0.15, -0.1) is 0 Å². The van der Waals surface area contributed by atoms with E-state index in [0.717, 1.165) is 16.6 Å². The van der Waals surface area contributed by atoms with Crippen LogP contribution in [0.1, 0.15) is 38.4 Å². The summed E-state index contributed by atoms with van der Waals surface area (Å²) in [5, 5.41) is 6.19. The van der Waals surface area contributed by atoms with Crippen LogP contribution in [0.2, 0.25) is 5.15 Å². The number of hydrogen-bond acceptors (Lipinski definition) is 2. The van der Waals surface area contributed by atoms with Crippen molar-refractivity contribution in [3.63, 3.8) is 0 Å². The van der Waals surface area contributed by atoms with Crippen molar-refractivity contribution >= 4 is 22.5 Å². The summed E-state index contributed by atoms with van der Waals surface area (Å²) in [4.78, 5) is 4.13. The lowest BCUT2D eigenvalue weighted by molar-refractivity contribution is 0.0979. The Balaban J connectivity index is 2.10. The zero-order valence-electron chi connectivity index (χ0n) is 10.4. The van der Waals surface area contributed by atoms with Crippen molar-refractivity contribution in [3.05, 3.63) is 23.1 Å². The molecule has 0 bridgehead atoms. The van der Waals surface area contributed by atoms with Crippen LogP contribution >= 0.6 is 11.6 Å². The topological polar surface area (TPSA) is 30.7 Å². The third-order valence-corrected chi connectivity index (χ3v) is 3.96. The lowest BCUT2D eigenvalue weighted by Gasteiger charge is -2.42. The van der Waals surface area contributed by atoms with Crippen molar-refractivity contribution in [1.29, 1.82) is 0 Å². The molecule has 0 saturated heterocycles. The van der Waals surface area contributed by atoms with Gasteiger partial charge in [0, 0.05) is 6.20 Å². The Labute approximate surface area is 106 Å². The maximum absolute atomic E-state index is 6.13. The van der Waals surface area contributed by atoms with Crippen LogP contribution in [-0.4, -0.2) is 14.8 Å². The molecule has 1 saturated carbocycles. The molecular formula is C13H16ClN3. The molecule has 0 aromatic carbocycles. The number of aromatic nitrogens is 3. The fourth-order valence-electron chi connectivity index (χ4n) is 2.89. The van der Waals surface area contributed by atoms with E-state index in [2.05, 4.69) is 28.6 Å². The minimum atomic E-state index is 0.452. The Kier molecular flexibility index (Phi) is 2.24. The monoisotopic (exact) mass is 249 g/mol. The highest BCUT2D eigenvalue weighted by molar-refractivity contribution is 6.34. The number of fused-ring (bicyclic) bond motifs is 1. The lowest BCUT2D eigenvalue weighted by Crippen LogP contribution is -2.34. The SMILES string of the molecule is Cc1nn(C2CC(C)(C)C2)c2ccnc(Cl)c12. The molecule has 90 valence electrons. The fraction of sp³-hybridized carbons (Fsp3) is 0.538. The van der Waals surface area contributed by atoms with Gasteiger partial charge in [0.1, 0.15) is 5.15 Å². The number of halogens is 1. The van der Waals surface area contributed by atoms with Gasteiger partial charge in [-0.1, -0.05) is 25.4 Å². The zero-order chi connectivity index (χ0) is 12.2. The smallest absolute Gasteiger partial charge is 0.140 e. The largest absolute Gasteiger partial charge is 0.261 e. The van der Waals surface area contributed by atoms with Crippen LogP contribution in [0.5, 0.6) is 0 Å². The van der Waals surface area contributed by atoms with Crippen molar-refractivity contribution in [2.45, 2.75) is 39.7 Å². The van der Waals surface area contributed by atoms with Gasteiger partial charge in [0.2, 0.25) is 0 Å². The third-order valence-electron chi connectivity index (χ3n) is 3.67. The van der Waals surface area contributed by atoms with Crippen molar-refractivity contribution in [2.24, 2.45) is 5.41 Å². The van der Waals surface area contributed by atoms with Crippen molar-refractivity contribution < 1.29 is 0 Å². The first kappa shape index (κ1) is 11.0. The van der Waals surface area contributed by atoms with E-state index in [0.29, 0.717) is 16.6 Å². The highest BCUT2D eigenvalue weighted by Gasteiger charge is 2.38. The molecule has 2 heterocycles. The van der Waals surface area contributed by atoms with E-state index in [4.69, 9.17) is 11.6 Å². The lowest BCUT2D eigenvalue weighted by atomic mass is 9.68. The molecular weight excluding hydrogens is 234 g/mol. The molecule has 1 aliphatic carbocycles. The van der Waals surface area contributed by atoms with Crippen LogP contribution in [0.15, 0.2) is 12.3 Å². The van der Waals surface area contributed by atoms with E-state index in [-0.39, 0.29) is 0 Å². The summed E-state index contributed by atoms with van der Waals surface area (Å²) in [7, 11) is 0. The number of pyridine rings is 1. The Morgan fingerprint density at radius 2 is 2.12 bits per heavy atom. The highest BCUT2D eigenvalue weighted by Crippen LogP contribution is 2.48. The fourth-order valence-corrected chi connectivity index (χ4v) is 3.18. The van der Waals surface area contributed by atoms with E-state index in [1.807, 2.05) is 13.0 Å². The normalized spacial score (nSPS) is 19.5. The summed E-state index contributed by atoms with van der Waals surface area (Å²) in [6, 6.07) is 2.52. The molecule has 2 aromatic heterocycles. The zero-order valence-corrected chi connectivity index (χ0v) is 11.1. The predicted octanol–water partition coefficient (Wildman–Crippen LogP) is 3.75. The van der Waals surface area contributed by atoms with Gasteiger partial charge in [-0.3, -0.25) is 4.68 Å². The van der Waals surface area contributed by atoms with Gasteiger partial charge in [-0.2, -0.15) is 5.10 Å². The van der Waals surface area contributed by atoms with E-state index in [1.54, 1.807) is 6.20 Å². The molecule has 1 fully saturated rings. The second kappa shape index (κ2) is 3.45. The first-order chi connectivity index (χ1) is 7.98. The number of aryl methyl sites for hydroxylation is 1. The number of hydrogen-bond donors (Lipinski definition) is 0. The molecule has 0 amide bonds. The first-order valence-corrected chi connectivity index (χ1v) is 6.35. The van der Waals surface area contributed by atoms with Gasteiger partial charge in [0.05, 0.1) is 22.6 Å². The van der Waals surface area contributed by atoms with E-state index in [9.17, 15) is 0 Å². The van der Waals surface area contributed by atoms with E-state index >= 15 is 0 Å². The van der Waals surface area contributed by atoms with Crippen LogP contribution in [-0.2, 0) is 0 Å². The van der Waals surface area contributed by atoms with Gasteiger partial charge in [-0.25, -0.2) is 4.98 Å². The number of nitrogens with zero attached hydrogens (tertiary/aromatic N) is 3. The average molecular weight is 250 g/mol. The average Bonchev–Trinajstić information content (AvgIpc) is 2.54. The number of rotatable bonds is 1. The van der Waals surface area contributed by atoms with Crippen LogP contribution in [0, 0.1) is 12.3 Å². The molecule has 4 heteroatoms. The summed E-state index contributed by atoms with van der Waals surface area (Å²) in [5.74, 6) is 0. The van der Waals surface area contributed by atoms with Gasteiger partial charge in [-0.05, 0) is 31.2 Å². The standard InChI is InChI=1S/C13H16ClN3/c1-8-11-10(4-5-15-12(11)14)17(16-8)9-6-13(2,3)7-9/h4-5,9H,6-7H2,1-3H3. The molecule has 3 nitrogen and oxygen atoms in total. The Bertz CT molecular complexity index is 578. The molecule has 1 aliphatic rings. The quantitative estimate of drug-likeness (QED) is 0.721. The molecule has 0 radical (unpaired) electrons. The molecule has 0 N–H and O–H groups in total. The maximum atomic E-state index is 6.13. The van der Waals surface area contributed by atoms with Crippen molar-refractivity contribution in [3.8, 4) is 0 Å². The van der Waals surface area contributed by atoms with Crippen LogP contribution < -0.4 is 0 Å². The second-order valence-corrected chi connectivity index (χ2v) is 6.11. The van der Waals surface area contributed by atoms with Crippen LogP contribution in [0.4, 0.5) is 0 Å². The molecule has 0 unspecified atom stereocenters. The van der Waals surface area contributed by atoms with Crippen molar-refractivity contribution in [2.75, 3.05) is 0 Å². The van der Waals surface area contributed by atoms with Crippen molar-refractivity contribution in [1.82, 2.24) is 14.8 Å². The Morgan fingerprint density at radius 1 is 1.41 bits per heavy atom. The molecule has 0 atom stereocenters. The second-order valence-electron chi connectivity index (χ2n) is 5.75. The molecule has 3 rings (SSSR count). The Hall–Kier alpha value is -1.09. The summed E-state index contributed by atoms with van der Waals surface area (Å²) in [6.07, 6.45) is 4.12. The van der Waals surface area contributed by atoms with Gasteiger partial charge < -0.3 is 0 Å². The van der Waals surface area contributed by atoms with Gasteiger partial charge in [0.25, 0.3) is 0 Å². The van der Waals surface area contributed by atoms with E-state index < -0.39 is 0 Å². The highest BCUT2D eigenvalue weighted by atomic mass is 35.5. The Morgan fingerprint density at radius 3 is 2.76 bits per heavy atom.